The highest BCUT2D eigenvalue weighted by Crippen LogP contribution is 2.09. The number of nitrogens with zero attached hydrogens (tertiary/aromatic N) is 3. The molecule has 0 aliphatic carbocycles. The van der Waals surface area contributed by atoms with Crippen molar-refractivity contribution >= 4 is 5.95 Å². The molecule has 1 atom stereocenters. The Labute approximate surface area is 129 Å². The summed E-state index contributed by atoms with van der Waals surface area (Å²) >= 11 is 0. The van der Waals surface area contributed by atoms with Crippen LogP contribution in [0.2, 0.25) is 0 Å². The second kappa shape index (κ2) is 9.68. The largest absolute Gasteiger partial charge is 0.378 e. The van der Waals surface area contributed by atoms with E-state index in [1.54, 1.807) is 7.11 Å². The number of methoxy groups -OCH3 is 1. The lowest BCUT2D eigenvalue weighted by molar-refractivity contribution is 0.181. The number of nitrogens with one attached hydrogen (secondary N) is 1. The van der Waals surface area contributed by atoms with Gasteiger partial charge in [0.25, 0.3) is 0 Å². The van der Waals surface area contributed by atoms with E-state index >= 15 is 0 Å². The quantitative estimate of drug-likeness (QED) is 0.719. The smallest absolute Gasteiger partial charge is 0.223 e. The van der Waals surface area contributed by atoms with Gasteiger partial charge in [0.2, 0.25) is 5.95 Å². The number of hydrogen-bond acceptors (Lipinski definition) is 5. The van der Waals surface area contributed by atoms with Crippen LogP contribution in [0.15, 0.2) is 6.07 Å². The Balaban J connectivity index is 2.45. The molecular weight excluding hydrogens is 264 g/mol. The summed E-state index contributed by atoms with van der Waals surface area (Å²) in [6.07, 6.45) is 2.31. The van der Waals surface area contributed by atoms with Gasteiger partial charge in [0.1, 0.15) is 0 Å². The first-order valence-corrected chi connectivity index (χ1v) is 7.91. The SMILES string of the molecule is CCN(CC)CCC[C@H](C)Nc1nc(C)cc(COC)n1. The third kappa shape index (κ3) is 6.87. The Morgan fingerprint density at radius 2 is 2.00 bits per heavy atom. The highest BCUT2D eigenvalue weighted by atomic mass is 16.5. The maximum Gasteiger partial charge on any atom is 0.223 e. The average Bonchev–Trinajstić information content (AvgIpc) is 2.43. The molecule has 0 radical (unpaired) electrons. The molecule has 1 rings (SSSR count). The van der Waals surface area contributed by atoms with Gasteiger partial charge in [-0.05, 0) is 52.4 Å². The van der Waals surface area contributed by atoms with Gasteiger partial charge < -0.3 is 15.0 Å². The molecule has 0 spiro atoms. The van der Waals surface area contributed by atoms with Crippen molar-refractivity contribution in [1.29, 1.82) is 0 Å². The van der Waals surface area contributed by atoms with Crippen molar-refractivity contribution in [3.8, 4) is 0 Å². The normalized spacial score (nSPS) is 12.7. The molecule has 0 amide bonds. The second-order valence-corrected chi connectivity index (χ2v) is 5.47. The molecule has 1 heterocycles. The Morgan fingerprint density at radius 3 is 2.62 bits per heavy atom. The Morgan fingerprint density at radius 1 is 1.29 bits per heavy atom. The molecule has 0 aromatic carbocycles. The molecule has 0 saturated heterocycles. The Kier molecular flexibility index (Phi) is 8.23. The van der Waals surface area contributed by atoms with E-state index in [2.05, 4.69) is 41.0 Å². The summed E-state index contributed by atoms with van der Waals surface area (Å²) in [5.74, 6) is 0.706. The number of rotatable bonds is 10. The lowest BCUT2D eigenvalue weighted by Crippen LogP contribution is -2.26. The van der Waals surface area contributed by atoms with E-state index in [0.29, 0.717) is 18.6 Å². The van der Waals surface area contributed by atoms with Crippen LogP contribution in [0.4, 0.5) is 5.95 Å². The predicted molar refractivity (Wildman–Crippen MR) is 87.6 cm³/mol. The number of aromatic nitrogens is 2. The minimum atomic E-state index is 0.373. The van der Waals surface area contributed by atoms with Gasteiger partial charge in [-0.3, -0.25) is 0 Å². The molecule has 5 nitrogen and oxygen atoms in total. The van der Waals surface area contributed by atoms with E-state index in [1.807, 2.05) is 13.0 Å². The Hall–Kier alpha value is -1.20. The van der Waals surface area contributed by atoms with Crippen molar-refractivity contribution in [2.24, 2.45) is 0 Å². The number of aryl methyl sites for hydroxylation is 1. The lowest BCUT2D eigenvalue weighted by atomic mass is 10.2. The van der Waals surface area contributed by atoms with Gasteiger partial charge in [0.05, 0.1) is 12.3 Å². The van der Waals surface area contributed by atoms with Gasteiger partial charge in [-0.1, -0.05) is 13.8 Å². The molecule has 120 valence electrons. The van der Waals surface area contributed by atoms with Crippen LogP contribution in [-0.4, -0.2) is 47.7 Å². The average molecular weight is 294 g/mol. The highest BCUT2D eigenvalue weighted by Gasteiger charge is 2.07. The van der Waals surface area contributed by atoms with Gasteiger partial charge >= 0.3 is 0 Å². The van der Waals surface area contributed by atoms with Crippen LogP contribution in [0.3, 0.4) is 0 Å². The molecule has 0 aliphatic rings. The van der Waals surface area contributed by atoms with Crippen molar-refractivity contribution in [2.75, 3.05) is 32.1 Å². The third-order valence-electron chi connectivity index (χ3n) is 3.58. The van der Waals surface area contributed by atoms with Gasteiger partial charge in [-0.2, -0.15) is 0 Å². The maximum absolute atomic E-state index is 5.14. The van der Waals surface area contributed by atoms with Gasteiger partial charge in [-0.15, -0.1) is 0 Å². The first kappa shape index (κ1) is 17.9. The van der Waals surface area contributed by atoms with E-state index < -0.39 is 0 Å². The molecule has 21 heavy (non-hydrogen) atoms. The molecule has 0 unspecified atom stereocenters. The zero-order valence-corrected chi connectivity index (χ0v) is 14.1. The summed E-state index contributed by atoms with van der Waals surface area (Å²) < 4.78 is 5.14. The first-order chi connectivity index (χ1) is 10.1. The van der Waals surface area contributed by atoms with Crippen LogP contribution in [-0.2, 0) is 11.3 Å². The molecule has 0 saturated carbocycles. The minimum absolute atomic E-state index is 0.373. The predicted octanol–water partition coefficient (Wildman–Crippen LogP) is 2.85. The minimum Gasteiger partial charge on any atom is -0.378 e. The van der Waals surface area contributed by atoms with Gasteiger partial charge in [-0.25, -0.2) is 9.97 Å². The molecule has 5 heteroatoms. The summed E-state index contributed by atoms with van der Waals surface area (Å²) in [4.78, 5) is 11.4. The van der Waals surface area contributed by atoms with Gasteiger partial charge in [0.15, 0.2) is 0 Å². The molecule has 0 aliphatic heterocycles. The zero-order chi connectivity index (χ0) is 15.7. The van der Waals surface area contributed by atoms with E-state index in [0.717, 1.165) is 37.4 Å². The van der Waals surface area contributed by atoms with Crippen LogP contribution in [0.1, 0.15) is 45.0 Å². The van der Waals surface area contributed by atoms with Crippen LogP contribution in [0, 0.1) is 6.92 Å². The second-order valence-electron chi connectivity index (χ2n) is 5.47. The Bertz CT molecular complexity index is 407. The summed E-state index contributed by atoms with van der Waals surface area (Å²) in [5.41, 5.74) is 1.89. The van der Waals surface area contributed by atoms with E-state index in [1.165, 1.54) is 6.42 Å². The molecule has 1 N–H and O–H groups in total. The van der Waals surface area contributed by atoms with Crippen molar-refractivity contribution in [1.82, 2.24) is 14.9 Å². The molecule has 0 fully saturated rings. The monoisotopic (exact) mass is 294 g/mol. The number of hydrogen-bond donors (Lipinski definition) is 1. The molecule has 1 aromatic heterocycles. The number of anilines is 1. The fourth-order valence-corrected chi connectivity index (χ4v) is 2.37. The summed E-state index contributed by atoms with van der Waals surface area (Å²) in [6, 6.07) is 2.33. The first-order valence-electron chi connectivity index (χ1n) is 7.91. The fraction of sp³-hybridized carbons (Fsp3) is 0.750. The fourth-order valence-electron chi connectivity index (χ4n) is 2.37. The van der Waals surface area contributed by atoms with Gasteiger partial charge in [0, 0.05) is 18.8 Å². The molecular formula is C16H30N4O. The van der Waals surface area contributed by atoms with Crippen molar-refractivity contribution < 1.29 is 4.74 Å². The molecule has 0 bridgehead atoms. The van der Waals surface area contributed by atoms with Crippen molar-refractivity contribution in [3.05, 3.63) is 17.5 Å². The van der Waals surface area contributed by atoms with E-state index in [9.17, 15) is 0 Å². The van der Waals surface area contributed by atoms with Crippen molar-refractivity contribution in [2.45, 2.75) is 53.2 Å². The maximum atomic E-state index is 5.14. The van der Waals surface area contributed by atoms with Crippen molar-refractivity contribution in [3.63, 3.8) is 0 Å². The lowest BCUT2D eigenvalue weighted by Gasteiger charge is -2.20. The summed E-state index contributed by atoms with van der Waals surface area (Å²) in [6.45, 7) is 12.5. The summed E-state index contributed by atoms with van der Waals surface area (Å²) in [7, 11) is 1.68. The van der Waals surface area contributed by atoms with E-state index in [4.69, 9.17) is 4.74 Å². The van der Waals surface area contributed by atoms with E-state index in [-0.39, 0.29) is 0 Å². The standard InChI is InChI=1S/C16H30N4O/c1-6-20(7-2)10-8-9-13(3)17-16-18-14(4)11-15(19-16)12-21-5/h11,13H,6-10,12H2,1-5H3,(H,17,18,19)/t13-/m0/s1. The molecule has 1 aromatic rings. The van der Waals surface area contributed by atoms with Crippen LogP contribution in [0.5, 0.6) is 0 Å². The highest BCUT2D eigenvalue weighted by molar-refractivity contribution is 5.28. The van der Waals surface area contributed by atoms with Crippen LogP contribution >= 0.6 is 0 Å². The zero-order valence-electron chi connectivity index (χ0n) is 14.1. The summed E-state index contributed by atoms with van der Waals surface area (Å²) in [5, 5.41) is 3.39. The van der Waals surface area contributed by atoms with Crippen LogP contribution < -0.4 is 5.32 Å². The topological polar surface area (TPSA) is 50.3 Å². The number of ether oxygens (including phenoxy) is 1. The third-order valence-corrected chi connectivity index (χ3v) is 3.58. The van der Waals surface area contributed by atoms with Crippen LogP contribution in [0.25, 0.3) is 0 Å².